The minimum Gasteiger partial charge on any atom is -0.323 e. The van der Waals surface area contributed by atoms with Crippen LogP contribution in [0.1, 0.15) is 19.8 Å². The number of carbonyl (C=O) groups excluding carboxylic acids is 2. The first-order chi connectivity index (χ1) is 11.1. The lowest BCUT2D eigenvalue weighted by molar-refractivity contribution is -0.118. The Labute approximate surface area is 149 Å². The summed E-state index contributed by atoms with van der Waals surface area (Å²) < 4.78 is 0. The molecular weight excluding hydrogens is 328 g/mol. The van der Waals surface area contributed by atoms with Crippen molar-refractivity contribution in [2.24, 2.45) is 0 Å². The topological polar surface area (TPSA) is 64.7 Å². The summed E-state index contributed by atoms with van der Waals surface area (Å²) in [7, 11) is 0. The molecule has 2 saturated heterocycles. The number of anilines is 2. The molecule has 2 amide bonds. The zero-order valence-corrected chi connectivity index (χ0v) is 14.8. The second-order valence-electron chi connectivity index (χ2n) is 6.24. The lowest BCUT2D eigenvalue weighted by Gasteiger charge is -2.33. The molecule has 0 unspecified atom stereocenters. The van der Waals surface area contributed by atoms with Gasteiger partial charge in [0.2, 0.25) is 11.8 Å². The van der Waals surface area contributed by atoms with Crippen molar-refractivity contribution in [2.45, 2.75) is 25.8 Å². The van der Waals surface area contributed by atoms with Crippen LogP contribution in [0.3, 0.4) is 0 Å². The molecule has 132 valence electrons. The van der Waals surface area contributed by atoms with E-state index in [2.05, 4.69) is 22.5 Å². The van der Waals surface area contributed by atoms with Gasteiger partial charge >= 0.3 is 0 Å². The van der Waals surface area contributed by atoms with Crippen molar-refractivity contribution in [3.05, 3.63) is 24.3 Å². The minimum absolute atomic E-state index is 0. The molecule has 2 aliphatic rings. The molecular formula is C17H25ClN4O2. The average molecular weight is 353 g/mol. The number of piperazine rings is 1. The SMILES string of the molecule is C[C@H]1CNCCN1CC(=O)Nc1ccccc1N1CCCC1=O.Cl. The largest absolute Gasteiger partial charge is 0.323 e. The molecule has 6 nitrogen and oxygen atoms in total. The number of hydrogen-bond acceptors (Lipinski definition) is 4. The number of rotatable bonds is 4. The van der Waals surface area contributed by atoms with Crippen molar-refractivity contribution in [1.29, 1.82) is 0 Å². The molecule has 3 rings (SSSR count). The normalized spacial score (nSPS) is 21.5. The summed E-state index contributed by atoms with van der Waals surface area (Å²) in [6.07, 6.45) is 1.46. The number of nitrogens with one attached hydrogen (secondary N) is 2. The van der Waals surface area contributed by atoms with E-state index in [1.807, 2.05) is 24.3 Å². The van der Waals surface area contributed by atoms with E-state index in [0.717, 1.165) is 44.0 Å². The van der Waals surface area contributed by atoms with E-state index in [0.29, 0.717) is 19.0 Å². The summed E-state index contributed by atoms with van der Waals surface area (Å²) in [5.41, 5.74) is 1.52. The molecule has 0 spiro atoms. The van der Waals surface area contributed by atoms with Crippen LogP contribution in [0, 0.1) is 0 Å². The number of hydrogen-bond donors (Lipinski definition) is 2. The first kappa shape index (κ1) is 18.7. The van der Waals surface area contributed by atoms with E-state index in [1.54, 1.807) is 4.90 Å². The Hall–Kier alpha value is -1.63. The average Bonchev–Trinajstić information content (AvgIpc) is 2.96. The fourth-order valence-electron chi connectivity index (χ4n) is 3.21. The molecule has 0 aromatic heterocycles. The van der Waals surface area contributed by atoms with Gasteiger partial charge in [0.1, 0.15) is 0 Å². The van der Waals surface area contributed by atoms with Crippen molar-refractivity contribution in [3.8, 4) is 0 Å². The molecule has 0 bridgehead atoms. The Morgan fingerprint density at radius 1 is 1.33 bits per heavy atom. The summed E-state index contributed by atoms with van der Waals surface area (Å²) in [5.74, 6) is 0.0975. The summed E-state index contributed by atoms with van der Waals surface area (Å²) >= 11 is 0. The van der Waals surface area contributed by atoms with Crippen LogP contribution in [-0.2, 0) is 9.59 Å². The molecule has 2 fully saturated rings. The Morgan fingerprint density at radius 2 is 2.12 bits per heavy atom. The van der Waals surface area contributed by atoms with Crippen molar-refractivity contribution < 1.29 is 9.59 Å². The Kier molecular flexibility index (Phi) is 6.60. The van der Waals surface area contributed by atoms with Gasteiger partial charge in [-0.05, 0) is 25.5 Å². The zero-order valence-electron chi connectivity index (χ0n) is 14.0. The second-order valence-corrected chi connectivity index (χ2v) is 6.24. The van der Waals surface area contributed by atoms with Crippen molar-refractivity contribution in [1.82, 2.24) is 10.2 Å². The van der Waals surface area contributed by atoms with Gasteiger partial charge in [0, 0.05) is 38.6 Å². The maximum atomic E-state index is 12.4. The van der Waals surface area contributed by atoms with Crippen LogP contribution in [0.25, 0.3) is 0 Å². The standard InChI is InChI=1S/C17H24N4O2.ClH/c1-13-11-18-8-10-20(13)12-16(22)19-14-5-2-3-6-15(14)21-9-4-7-17(21)23;/h2-3,5-6,13,18H,4,7-12H2,1H3,(H,19,22);1H/t13-;/m0./s1. The van der Waals surface area contributed by atoms with Crippen LogP contribution < -0.4 is 15.5 Å². The second kappa shape index (κ2) is 8.46. The first-order valence-electron chi connectivity index (χ1n) is 8.29. The van der Waals surface area contributed by atoms with Crippen LogP contribution in [0.2, 0.25) is 0 Å². The number of amides is 2. The highest BCUT2D eigenvalue weighted by molar-refractivity contribution is 6.02. The van der Waals surface area contributed by atoms with Gasteiger partial charge in [-0.3, -0.25) is 14.5 Å². The summed E-state index contributed by atoms with van der Waals surface area (Å²) in [5, 5.41) is 6.30. The maximum Gasteiger partial charge on any atom is 0.238 e. The van der Waals surface area contributed by atoms with Gasteiger partial charge in [-0.2, -0.15) is 0 Å². The number of para-hydroxylation sites is 2. The maximum absolute atomic E-state index is 12.4. The van der Waals surface area contributed by atoms with Crippen LogP contribution in [0.4, 0.5) is 11.4 Å². The van der Waals surface area contributed by atoms with Crippen molar-refractivity contribution >= 4 is 35.6 Å². The number of benzene rings is 1. The predicted octanol–water partition coefficient (Wildman–Crippen LogP) is 1.47. The fourth-order valence-corrected chi connectivity index (χ4v) is 3.21. The summed E-state index contributed by atoms with van der Waals surface area (Å²) in [6.45, 7) is 5.92. The first-order valence-corrected chi connectivity index (χ1v) is 8.29. The molecule has 2 heterocycles. The molecule has 7 heteroatoms. The molecule has 24 heavy (non-hydrogen) atoms. The molecule has 2 aliphatic heterocycles. The Morgan fingerprint density at radius 3 is 2.83 bits per heavy atom. The third-order valence-electron chi connectivity index (χ3n) is 4.53. The zero-order chi connectivity index (χ0) is 16.2. The number of halogens is 1. The molecule has 1 aromatic rings. The Bertz CT molecular complexity index is 596. The minimum atomic E-state index is -0.0298. The van der Waals surface area contributed by atoms with Crippen LogP contribution in [-0.4, -0.2) is 55.5 Å². The van der Waals surface area contributed by atoms with Crippen molar-refractivity contribution in [2.75, 3.05) is 42.9 Å². The smallest absolute Gasteiger partial charge is 0.238 e. The summed E-state index contributed by atoms with van der Waals surface area (Å²) in [6, 6.07) is 7.89. The van der Waals surface area contributed by atoms with Gasteiger partial charge in [0.15, 0.2) is 0 Å². The van der Waals surface area contributed by atoms with Crippen LogP contribution >= 0.6 is 12.4 Å². The van der Waals surface area contributed by atoms with Crippen LogP contribution in [0.5, 0.6) is 0 Å². The molecule has 0 aliphatic carbocycles. The highest BCUT2D eigenvalue weighted by atomic mass is 35.5. The van der Waals surface area contributed by atoms with E-state index >= 15 is 0 Å². The molecule has 0 radical (unpaired) electrons. The van der Waals surface area contributed by atoms with Gasteiger partial charge in [0.25, 0.3) is 0 Å². The lowest BCUT2D eigenvalue weighted by Crippen LogP contribution is -2.52. The van der Waals surface area contributed by atoms with Gasteiger partial charge in [-0.15, -0.1) is 12.4 Å². The van der Waals surface area contributed by atoms with Crippen LogP contribution in [0.15, 0.2) is 24.3 Å². The van der Waals surface area contributed by atoms with Gasteiger partial charge in [0.05, 0.1) is 17.9 Å². The predicted molar refractivity (Wildman–Crippen MR) is 97.8 cm³/mol. The van der Waals surface area contributed by atoms with Gasteiger partial charge < -0.3 is 15.5 Å². The molecule has 1 atom stereocenters. The lowest BCUT2D eigenvalue weighted by atomic mass is 10.2. The van der Waals surface area contributed by atoms with E-state index in [-0.39, 0.29) is 24.2 Å². The molecule has 1 aromatic carbocycles. The highest BCUT2D eigenvalue weighted by Crippen LogP contribution is 2.29. The quantitative estimate of drug-likeness (QED) is 0.861. The van der Waals surface area contributed by atoms with Crippen molar-refractivity contribution in [3.63, 3.8) is 0 Å². The van der Waals surface area contributed by atoms with E-state index in [1.165, 1.54) is 0 Å². The highest BCUT2D eigenvalue weighted by Gasteiger charge is 2.25. The van der Waals surface area contributed by atoms with Gasteiger partial charge in [-0.1, -0.05) is 12.1 Å². The number of nitrogens with zero attached hydrogens (tertiary/aromatic N) is 2. The molecule has 2 N–H and O–H groups in total. The van der Waals surface area contributed by atoms with E-state index in [4.69, 9.17) is 0 Å². The van der Waals surface area contributed by atoms with E-state index < -0.39 is 0 Å². The van der Waals surface area contributed by atoms with E-state index in [9.17, 15) is 9.59 Å². The fraction of sp³-hybridized carbons (Fsp3) is 0.529. The Balaban J connectivity index is 0.00000208. The monoisotopic (exact) mass is 352 g/mol. The molecule has 0 saturated carbocycles. The van der Waals surface area contributed by atoms with Gasteiger partial charge in [-0.25, -0.2) is 0 Å². The third kappa shape index (κ3) is 4.26. The number of carbonyl (C=O) groups is 2. The third-order valence-corrected chi connectivity index (χ3v) is 4.53. The summed E-state index contributed by atoms with van der Waals surface area (Å²) in [4.78, 5) is 28.3.